The van der Waals surface area contributed by atoms with E-state index >= 15 is 0 Å². The van der Waals surface area contributed by atoms with Gasteiger partial charge in [-0.1, -0.05) is 24.1 Å². The zero-order chi connectivity index (χ0) is 17.8. The van der Waals surface area contributed by atoms with Crippen LogP contribution in [0.2, 0.25) is 0 Å². The third-order valence-electron chi connectivity index (χ3n) is 2.59. The van der Waals surface area contributed by atoms with Gasteiger partial charge in [-0.2, -0.15) is 0 Å². The standard InChI is InChI=1S/C13H16N2.C9H4.2H3N/c1-13(2,3)15-11-8-4-6-10-7-5-9-14-12(10)11;1-3-5-7-9-8-6-4-2;;/h4-9,15H,1-3H3;1H,2H3;2*1H3. The van der Waals surface area contributed by atoms with Crippen molar-refractivity contribution in [2.24, 2.45) is 0 Å². The van der Waals surface area contributed by atoms with Crippen molar-refractivity contribution in [1.29, 1.82) is 0 Å². The van der Waals surface area contributed by atoms with E-state index in [4.69, 9.17) is 6.42 Å². The van der Waals surface area contributed by atoms with Crippen molar-refractivity contribution in [2.75, 3.05) is 5.32 Å². The fourth-order valence-corrected chi connectivity index (χ4v) is 1.80. The highest BCUT2D eigenvalue weighted by Crippen LogP contribution is 2.23. The Labute approximate surface area is 157 Å². The second kappa shape index (κ2) is 12.9. The molecular weight excluding hydrogens is 320 g/mol. The van der Waals surface area contributed by atoms with Gasteiger partial charge in [-0.05, 0) is 75.4 Å². The molecule has 2 rings (SSSR count). The summed E-state index contributed by atoms with van der Waals surface area (Å²) in [7, 11) is 0. The lowest BCUT2D eigenvalue weighted by molar-refractivity contribution is 0.635. The lowest BCUT2D eigenvalue weighted by atomic mass is 10.1. The van der Waals surface area contributed by atoms with Gasteiger partial charge < -0.3 is 17.6 Å². The van der Waals surface area contributed by atoms with Crippen molar-refractivity contribution in [3.8, 4) is 47.9 Å². The second-order valence-electron chi connectivity index (χ2n) is 5.78. The summed E-state index contributed by atoms with van der Waals surface area (Å²) < 4.78 is 0. The molecular formula is C22H26N4. The minimum absolute atomic E-state index is 0. The van der Waals surface area contributed by atoms with E-state index < -0.39 is 0 Å². The van der Waals surface area contributed by atoms with Crippen LogP contribution in [0.5, 0.6) is 0 Å². The summed E-state index contributed by atoms with van der Waals surface area (Å²) in [5.74, 6) is 17.0. The highest BCUT2D eigenvalue weighted by molar-refractivity contribution is 5.90. The summed E-state index contributed by atoms with van der Waals surface area (Å²) in [5.41, 5.74) is 2.20. The fraction of sp³-hybridized carbons (Fsp3) is 0.227. The minimum atomic E-state index is 0. The predicted molar refractivity (Wildman–Crippen MR) is 113 cm³/mol. The molecule has 0 aliphatic rings. The van der Waals surface area contributed by atoms with Crippen molar-refractivity contribution in [2.45, 2.75) is 33.2 Å². The largest absolute Gasteiger partial charge is 0.379 e. The molecule has 0 unspecified atom stereocenters. The number of pyridine rings is 1. The maximum atomic E-state index is 4.82. The van der Waals surface area contributed by atoms with E-state index in [-0.39, 0.29) is 17.8 Å². The number of hydrogen-bond acceptors (Lipinski definition) is 4. The van der Waals surface area contributed by atoms with Crippen LogP contribution in [0.1, 0.15) is 27.7 Å². The van der Waals surface area contributed by atoms with Crippen LogP contribution in [0.4, 0.5) is 5.69 Å². The first-order valence-corrected chi connectivity index (χ1v) is 7.47. The van der Waals surface area contributed by atoms with Gasteiger partial charge in [-0.15, -0.1) is 6.42 Å². The van der Waals surface area contributed by atoms with E-state index in [1.165, 1.54) is 5.39 Å². The molecule has 0 bridgehead atoms. The maximum Gasteiger partial charge on any atom is 0.0933 e. The molecule has 4 heteroatoms. The molecule has 0 amide bonds. The van der Waals surface area contributed by atoms with Gasteiger partial charge in [0.2, 0.25) is 0 Å². The summed E-state index contributed by atoms with van der Waals surface area (Å²) >= 11 is 0. The fourth-order valence-electron chi connectivity index (χ4n) is 1.80. The first-order valence-electron chi connectivity index (χ1n) is 7.47. The highest BCUT2D eigenvalue weighted by Gasteiger charge is 2.11. The quantitative estimate of drug-likeness (QED) is 0.666. The Hall–Kier alpha value is -3.41. The summed E-state index contributed by atoms with van der Waals surface area (Å²) in [5, 5.41) is 4.63. The van der Waals surface area contributed by atoms with Crippen LogP contribution < -0.4 is 17.6 Å². The zero-order valence-corrected chi connectivity index (χ0v) is 15.9. The number of para-hydroxylation sites is 1. The molecule has 1 heterocycles. The van der Waals surface area contributed by atoms with E-state index in [9.17, 15) is 0 Å². The Morgan fingerprint density at radius 3 is 2.15 bits per heavy atom. The number of anilines is 1. The topological polar surface area (TPSA) is 94.9 Å². The van der Waals surface area contributed by atoms with Gasteiger partial charge in [-0.25, -0.2) is 0 Å². The molecule has 1 aromatic heterocycles. The third-order valence-corrected chi connectivity index (χ3v) is 2.59. The number of fused-ring (bicyclic) bond motifs is 1. The Bertz CT molecular complexity index is 906. The molecule has 0 aliphatic carbocycles. The molecule has 4 nitrogen and oxygen atoms in total. The minimum Gasteiger partial charge on any atom is -0.379 e. The summed E-state index contributed by atoms with van der Waals surface area (Å²) in [6, 6.07) is 10.2. The van der Waals surface area contributed by atoms with E-state index in [1.807, 2.05) is 12.3 Å². The Kier molecular flexibility index (Phi) is 12.4. The lowest BCUT2D eigenvalue weighted by Crippen LogP contribution is -2.26. The first-order chi connectivity index (χ1) is 11.5. The zero-order valence-electron chi connectivity index (χ0n) is 15.9. The van der Waals surface area contributed by atoms with Crippen molar-refractivity contribution in [1.82, 2.24) is 17.3 Å². The molecule has 7 N–H and O–H groups in total. The van der Waals surface area contributed by atoms with Crippen LogP contribution in [-0.4, -0.2) is 10.5 Å². The van der Waals surface area contributed by atoms with Gasteiger partial charge in [0.15, 0.2) is 0 Å². The van der Waals surface area contributed by atoms with Crippen LogP contribution in [0, 0.1) is 47.9 Å². The molecule has 0 spiro atoms. The van der Waals surface area contributed by atoms with Gasteiger partial charge in [0.05, 0.1) is 11.2 Å². The van der Waals surface area contributed by atoms with Crippen molar-refractivity contribution in [3.05, 3.63) is 36.5 Å². The Morgan fingerprint density at radius 2 is 1.54 bits per heavy atom. The van der Waals surface area contributed by atoms with Gasteiger partial charge in [0.25, 0.3) is 0 Å². The third kappa shape index (κ3) is 9.67. The molecule has 0 saturated carbocycles. The van der Waals surface area contributed by atoms with Crippen molar-refractivity contribution >= 4 is 16.6 Å². The number of rotatable bonds is 1. The Morgan fingerprint density at radius 1 is 0.923 bits per heavy atom. The molecule has 26 heavy (non-hydrogen) atoms. The number of benzene rings is 1. The van der Waals surface area contributed by atoms with Crippen LogP contribution in [0.3, 0.4) is 0 Å². The smallest absolute Gasteiger partial charge is 0.0933 e. The number of hydrogen-bond donors (Lipinski definition) is 3. The van der Waals surface area contributed by atoms with Crippen molar-refractivity contribution in [3.63, 3.8) is 0 Å². The lowest BCUT2D eigenvalue weighted by Gasteiger charge is -2.22. The maximum absolute atomic E-state index is 4.82. The molecule has 2 aromatic rings. The molecule has 134 valence electrons. The second-order valence-corrected chi connectivity index (χ2v) is 5.78. The molecule has 0 fully saturated rings. The van der Waals surface area contributed by atoms with E-state index in [2.05, 4.69) is 96.8 Å². The SMILES string of the molecule is C#CC#CC#CC#CC.CC(C)(C)Nc1cccc2cccnc12.N.N. The molecule has 0 atom stereocenters. The number of terminal acetylenes is 1. The van der Waals surface area contributed by atoms with Gasteiger partial charge in [-0.3, -0.25) is 4.98 Å². The monoisotopic (exact) mass is 346 g/mol. The summed E-state index contributed by atoms with van der Waals surface area (Å²) in [6.07, 6.45) is 6.65. The predicted octanol–water partition coefficient (Wildman–Crippen LogP) is 4.42. The first kappa shape index (κ1) is 24.8. The number of aromatic nitrogens is 1. The average Bonchev–Trinajstić information content (AvgIpc) is 2.54. The molecule has 0 saturated heterocycles. The molecule has 0 radical (unpaired) electrons. The Balaban J connectivity index is 0. The van der Waals surface area contributed by atoms with Crippen LogP contribution in [0.15, 0.2) is 36.5 Å². The average molecular weight is 346 g/mol. The highest BCUT2D eigenvalue weighted by atomic mass is 15.0. The molecule has 0 aliphatic heterocycles. The van der Waals surface area contributed by atoms with E-state index in [0.717, 1.165) is 11.2 Å². The van der Waals surface area contributed by atoms with Gasteiger partial charge in [0.1, 0.15) is 0 Å². The van der Waals surface area contributed by atoms with Gasteiger partial charge >= 0.3 is 0 Å². The van der Waals surface area contributed by atoms with E-state index in [0.29, 0.717) is 0 Å². The molecule has 1 aromatic carbocycles. The van der Waals surface area contributed by atoms with Crippen LogP contribution in [0.25, 0.3) is 10.9 Å². The van der Waals surface area contributed by atoms with E-state index in [1.54, 1.807) is 6.92 Å². The summed E-state index contributed by atoms with van der Waals surface area (Å²) in [6.45, 7) is 8.15. The number of nitrogens with one attached hydrogen (secondary N) is 1. The summed E-state index contributed by atoms with van der Waals surface area (Å²) in [4.78, 5) is 4.40. The van der Waals surface area contributed by atoms with Crippen molar-refractivity contribution < 1.29 is 0 Å². The normalized spacial score (nSPS) is 7.96. The van der Waals surface area contributed by atoms with Gasteiger partial charge in [0, 0.05) is 17.1 Å². The van der Waals surface area contributed by atoms with Crippen LogP contribution in [-0.2, 0) is 0 Å². The number of nitrogens with zero attached hydrogens (tertiary/aromatic N) is 1. The van der Waals surface area contributed by atoms with Crippen LogP contribution >= 0.6 is 0 Å².